The molecule has 2 aliphatic heterocycles. The molecule has 100 valence electrons. The lowest BCUT2D eigenvalue weighted by Gasteiger charge is -2.32. The number of halogens is 1. The number of carbonyl (C=O) groups excluding carboxylic acids is 1. The van der Waals surface area contributed by atoms with Crippen molar-refractivity contribution in [3.05, 3.63) is 0 Å². The Labute approximate surface area is 99.4 Å². The van der Waals surface area contributed by atoms with E-state index in [0.717, 1.165) is 13.5 Å². The molecule has 2 aliphatic rings. The van der Waals surface area contributed by atoms with Crippen LogP contribution >= 0.6 is 0 Å². The van der Waals surface area contributed by atoms with Gasteiger partial charge in [-0.25, -0.2) is 9.18 Å². The van der Waals surface area contributed by atoms with Crippen LogP contribution in [0.2, 0.25) is 0 Å². The standard InChI is InChI=1S/C9H15FN2O3.CH4O/c10-7-4-6(5-13)15-8(7)12-3-1-2-11-9(12)14;1-2/h6-8,13H,1-5H2,(H,11,14);2H,1H3/t6-,7?,8+;/m0./s1. The van der Waals surface area contributed by atoms with Gasteiger partial charge in [0.25, 0.3) is 0 Å². The third-order valence-electron chi connectivity index (χ3n) is 2.75. The summed E-state index contributed by atoms with van der Waals surface area (Å²) in [4.78, 5) is 12.8. The molecule has 17 heavy (non-hydrogen) atoms. The van der Waals surface area contributed by atoms with E-state index in [0.29, 0.717) is 13.1 Å². The topological polar surface area (TPSA) is 82.0 Å². The van der Waals surface area contributed by atoms with Gasteiger partial charge in [0.05, 0.1) is 12.7 Å². The number of urea groups is 1. The van der Waals surface area contributed by atoms with Gasteiger partial charge in [0.1, 0.15) is 6.17 Å². The maximum absolute atomic E-state index is 13.5. The molecule has 2 saturated heterocycles. The zero-order chi connectivity index (χ0) is 12.8. The summed E-state index contributed by atoms with van der Waals surface area (Å²) >= 11 is 0. The molecule has 1 unspecified atom stereocenters. The summed E-state index contributed by atoms with van der Waals surface area (Å²) < 4.78 is 18.8. The normalized spacial score (nSPS) is 32.8. The molecule has 0 radical (unpaired) electrons. The van der Waals surface area contributed by atoms with Crippen molar-refractivity contribution in [2.24, 2.45) is 0 Å². The highest BCUT2D eigenvalue weighted by Gasteiger charge is 2.41. The van der Waals surface area contributed by atoms with Crippen LogP contribution in [0, 0.1) is 0 Å². The third-order valence-corrected chi connectivity index (χ3v) is 2.75. The van der Waals surface area contributed by atoms with E-state index in [-0.39, 0.29) is 19.1 Å². The zero-order valence-corrected chi connectivity index (χ0v) is 9.80. The number of ether oxygens (including phenoxy) is 1. The number of hydrogen-bond donors (Lipinski definition) is 3. The van der Waals surface area contributed by atoms with Gasteiger partial charge >= 0.3 is 6.03 Å². The maximum atomic E-state index is 13.5. The van der Waals surface area contributed by atoms with Crippen molar-refractivity contribution in [3.63, 3.8) is 0 Å². The van der Waals surface area contributed by atoms with E-state index in [1.165, 1.54) is 4.90 Å². The van der Waals surface area contributed by atoms with Gasteiger partial charge in [-0.15, -0.1) is 0 Å². The predicted molar refractivity (Wildman–Crippen MR) is 58.1 cm³/mol. The molecule has 3 atom stereocenters. The maximum Gasteiger partial charge on any atom is 0.319 e. The first-order valence-electron chi connectivity index (χ1n) is 5.62. The minimum atomic E-state index is -1.20. The Hall–Kier alpha value is -0.920. The first-order valence-corrected chi connectivity index (χ1v) is 5.62. The number of aliphatic hydroxyl groups excluding tert-OH is 2. The molecule has 0 aromatic rings. The number of carbonyl (C=O) groups is 1. The summed E-state index contributed by atoms with van der Waals surface area (Å²) in [7, 11) is 1.00. The molecule has 3 N–H and O–H groups in total. The number of nitrogens with one attached hydrogen (secondary N) is 1. The van der Waals surface area contributed by atoms with Crippen LogP contribution < -0.4 is 5.32 Å². The molecule has 0 saturated carbocycles. The Morgan fingerprint density at radius 2 is 2.29 bits per heavy atom. The molecule has 2 amide bonds. The third kappa shape index (κ3) is 3.27. The van der Waals surface area contributed by atoms with Gasteiger partial charge in [-0.3, -0.25) is 4.90 Å². The number of hydrogen-bond acceptors (Lipinski definition) is 4. The van der Waals surface area contributed by atoms with E-state index in [1.807, 2.05) is 0 Å². The fourth-order valence-electron chi connectivity index (χ4n) is 1.98. The smallest absolute Gasteiger partial charge is 0.319 e. The lowest BCUT2D eigenvalue weighted by atomic mass is 10.2. The molecule has 0 bridgehead atoms. The van der Waals surface area contributed by atoms with Crippen LogP contribution in [0.1, 0.15) is 12.8 Å². The van der Waals surface area contributed by atoms with Crippen LogP contribution in [-0.4, -0.2) is 66.5 Å². The predicted octanol–water partition coefficient (Wildman–Crippen LogP) is -0.544. The summed E-state index contributed by atoms with van der Waals surface area (Å²) in [6.07, 6.45) is -1.57. The van der Waals surface area contributed by atoms with Crippen LogP contribution in [0.25, 0.3) is 0 Å². The SMILES string of the molecule is CO.O=C1NCCCN1[C@@H]1O[C@H](CO)CC1F. The van der Waals surface area contributed by atoms with Gasteiger partial charge in [0.15, 0.2) is 6.23 Å². The molecule has 7 heteroatoms. The number of aliphatic hydroxyl groups is 2. The van der Waals surface area contributed by atoms with Gasteiger partial charge in [-0.05, 0) is 6.42 Å². The van der Waals surface area contributed by atoms with E-state index < -0.39 is 18.5 Å². The fraction of sp³-hybridized carbons (Fsp3) is 0.900. The van der Waals surface area contributed by atoms with Crippen molar-refractivity contribution in [2.45, 2.75) is 31.3 Å². The van der Waals surface area contributed by atoms with Crippen LogP contribution in [-0.2, 0) is 4.74 Å². The van der Waals surface area contributed by atoms with Crippen molar-refractivity contribution in [2.75, 3.05) is 26.8 Å². The van der Waals surface area contributed by atoms with Crippen molar-refractivity contribution >= 4 is 6.03 Å². The molecule has 0 aliphatic carbocycles. The van der Waals surface area contributed by atoms with Crippen molar-refractivity contribution in [1.29, 1.82) is 0 Å². The molecule has 0 spiro atoms. The van der Waals surface area contributed by atoms with Crippen LogP contribution in [0.3, 0.4) is 0 Å². The van der Waals surface area contributed by atoms with E-state index in [9.17, 15) is 9.18 Å². The summed E-state index contributed by atoms with van der Waals surface area (Å²) in [6, 6.07) is -0.285. The van der Waals surface area contributed by atoms with E-state index >= 15 is 0 Å². The second kappa shape index (κ2) is 6.73. The summed E-state index contributed by atoms with van der Waals surface area (Å²) in [5.74, 6) is 0. The van der Waals surface area contributed by atoms with Crippen LogP contribution in [0.4, 0.5) is 9.18 Å². The number of amides is 2. The average molecular weight is 250 g/mol. The molecule has 0 aromatic carbocycles. The molecule has 2 heterocycles. The highest BCUT2D eigenvalue weighted by Crippen LogP contribution is 2.26. The van der Waals surface area contributed by atoms with Crippen molar-refractivity contribution in [3.8, 4) is 0 Å². The summed E-state index contributed by atoms with van der Waals surface area (Å²) in [6.45, 7) is 0.934. The van der Waals surface area contributed by atoms with Crippen molar-refractivity contribution in [1.82, 2.24) is 10.2 Å². The van der Waals surface area contributed by atoms with Crippen molar-refractivity contribution < 1.29 is 24.1 Å². The minimum absolute atomic E-state index is 0.158. The number of rotatable bonds is 2. The van der Waals surface area contributed by atoms with E-state index in [1.54, 1.807) is 0 Å². The Balaban J connectivity index is 0.000000686. The molecule has 2 rings (SSSR count). The summed E-state index contributed by atoms with van der Waals surface area (Å²) in [5.41, 5.74) is 0. The minimum Gasteiger partial charge on any atom is -0.400 e. The highest BCUT2D eigenvalue weighted by atomic mass is 19.1. The van der Waals surface area contributed by atoms with Gasteiger partial charge < -0.3 is 20.3 Å². The average Bonchev–Trinajstić information content (AvgIpc) is 2.74. The zero-order valence-electron chi connectivity index (χ0n) is 9.80. The van der Waals surface area contributed by atoms with Gasteiger partial charge in [-0.1, -0.05) is 0 Å². The molecule has 2 fully saturated rings. The molecule has 6 nitrogen and oxygen atoms in total. The highest BCUT2D eigenvalue weighted by molar-refractivity contribution is 5.75. The Kier molecular flexibility index (Phi) is 5.60. The monoisotopic (exact) mass is 250 g/mol. The van der Waals surface area contributed by atoms with E-state index in [4.69, 9.17) is 14.9 Å². The fourth-order valence-corrected chi connectivity index (χ4v) is 1.98. The largest absolute Gasteiger partial charge is 0.400 e. The van der Waals surface area contributed by atoms with Crippen LogP contribution in [0.15, 0.2) is 0 Å². The Morgan fingerprint density at radius 3 is 2.82 bits per heavy atom. The molecular weight excluding hydrogens is 231 g/mol. The van der Waals surface area contributed by atoms with Gasteiger partial charge in [-0.2, -0.15) is 0 Å². The van der Waals surface area contributed by atoms with E-state index in [2.05, 4.69) is 5.32 Å². The van der Waals surface area contributed by atoms with Gasteiger partial charge in [0, 0.05) is 26.6 Å². The summed E-state index contributed by atoms with van der Waals surface area (Å²) in [5, 5.41) is 18.5. The number of nitrogens with zero attached hydrogens (tertiary/aromatic N) is 1. The first kappa shape index (κ1) is 14.1. The number of alkyl halides is 1. The Morgan fingerprint density at radius 1 is 1.59 bits per heavy atom. The van der Waals surface area contributed by atoms with Crippen LogP contribution in [0.5, 0.6) is 0 Å². The first-order chi connectivity index (χ1) is 8.22. The molecular formula is C10H19FN2O4. The lowest BCUT2D eigenvalue weighted by molar-refractivity contribution is -0.0688. The Bertz CT molecular complexity index is 254. The quantitative estimate of drug-likeness (QED) is 0.614. The second-order valence-corrected chi connectivity index (χ2v) is 3.86. The second-order valence-electron chi connectivity index (χ2n) is 3.86. The lowest BCUT2D eigenvalue weighted by Crippen LogP contribution is -2.53. The van der Waals surface area contributed by atoms with Gasteiger partial charge in [0.2, 0.25) is 0 Å². The molecule has 0 aromatic heterocycles.